The average Bonchev–Trinajstić information content (AvgIpc) is 3.31. The number of rotatable bonds is 3. The van der Waals surface area contributed by atoms with Gasteiger partial charge in [0.25, 0.3) is 5.91 Å². The smallest absolute Gasteiger partial charge is 0.416 e. The van der Waals surface area contributed by atoms with Crippen molar-refractivity contribution in [3.63, 3.8) is 0 Å². The first kappa shape index (κ1) is 17.2. The molecule has 0 atom stereocenters. The minimum absolute atomic E-state index is 0.0338. The molecule has 2 aromatic carbocycles. The fourth-order valence-corrected chi connectivity index (χ4v) is 3.04. The minimum Gasteiger partial charge on any atom is -0.436 e. The van der Waals surface area contributed by atoms with Crippen LogP contribution < -0.4 is 5.32 Å². The van der Waals surface area contributed by atoms with Crippen LogP contribution in [-0.4, -0.2) is 15.9 Å². The summed E-state index contributed by atoms with van der Waals surface area (Å²) in [6.07, 6.45) is -4.46. The van der Waals surface area contributed by atoms with Crippen molar-refractivity contribution in [2.75, 3.05) is 5.32 Å². The lowest BCUT2D eigenvalue weighted by Crippen LogP contribution is -2.12. The maximum Gasteiger partial charge on any atom is 0.416 e. The van der Waals surface area contributed by atoms with Crippen LogP contribution >= 0.6 is 11.3 Å². The highest BCUT2D eigenvalue weighted by atomic mass is 32.1. The molecule has 5 nitrogen and oxygen atoms in total. The molecule has 136 valence electrons. The average molecular weight is 389 g/mol. The van der Waals surface area contributed by atoms with Crippen LogP contribution in [0, 0.1) is 0 Å². The number of nitrogens with zero attached hydrogens (tertiary/aromatic N) is 2. The molecular formula is C18H10F3N3O2S. The van der Waals surface area contributed by atoms with Crippen molar-refractivity contribution in [2.24, 2.45) is 0 Å². The van der Waals surface area contributed by atoms with Crippen LogP contribution in [-0.2, 0) is 6.18 Å². The van der Waals surface area contributed by atoms with Gasteiger partial charge in [0.1, 0.15) is 11.2 Å². The lowest BCUT2D eigenvalue weighted by atomic mass is 10.1. The second kappa shape index (κ2) is 6.51. The third-order valence-corrected chi connectivity index (χ3v) is 4.36. The lowest BCUT2D eigenvalue weighted by Gasteiger charge is -2.06. The van der Waals surface area contributed by atoms with Gasteiger partial charge in [0.15, 0.2) is 5.58 Å². The maximum absolute atomic E-state index is 12.9. The van der Waals surface area contributed by atoms with Gasteiger partial charge in [-0.05, 0) is 30.3 Å². The topological polar surface area (TPSA) is 68.0 Å². The molecule has 2 heterocycles. The summed E-state index contributed by atoms with van der Waals surface area (Å²) < 4.78 is 44.4. The van der Waals surface area contributed by atoms with E-state index in [1.807, 2.05) is 0 Å². The Balaban J connectivity index is 1.72. The first-order valence-corrected chi connectivity index (χ1v) is 8.63. The standard InChI is InChI=1S/C18H10F3N3O2S/c19-18(20,21)11-4-1-3-10(7-11)17-24-15-12(5-2-6-14(15)26-17)23-16(25)13-8-27-9-22-13/h1-9H,(H,23,25). The van der Waals surface area contributed by atoms with Crippen LogP contribution in [0.3, 0.4) is 0 Å². The number of halogens is 3. The number of carbonyl (C=O) groups is 1. The molecule has 0 saturated heterocycles. The molecule has 0 aliphatic rings. The highest BCUT2D eigenvalue weighted by molar-refractivity contribution is 7.07. The van der Waals surface area contributed by atoms with Gasteiger partial charge in [-0.15, -0.1) is 11.3 Å². The van der Waals surface area contributed by atoms with E-state index < -0.39 is 17.6 Å². The number of nitrogens with one attached hydrogen (secondary N) is 1. The molecule has 0 radical (unpaired) electrons. The highest BCUT2D eigenvalue weighted by Gasteiger charge is 2.30. The fourth-order valence-electron chi connectivity index (χ4n) is 2.51. The molecule has 0 aliphatic heterocycles. The minimum atomic E-state index is -4.46. The fraction of sp³-hybridized carbons (Fsp3) is 0.0556. The van der Waals surface area contributed by atoms with E-state index >= 15 is 0 Å². The zero-order valence-electron chi connectivity index (χ0n) is 13.4. The Morgan fingerprint density at radius 3 is 2.70 bits per heavy atom. The lowest BCUT2D eigenvalue weighted by molar-refractivity contribution is -0.137. The Kier molecular flexibility index (Phi) is 4.15. The Bertz CT molecular complexity index is 1120. The largest absolute Gasteiger partial charge is 0.436 e. The van der Waals surface area contributed by atoms with Crippen molar-refractivity contribution < 1.29 is 22.4 Å². The molecule has 0 spiro atoms. The molecule has 0 saturated carbocycles. The van der Waals surface area contributed by atoms with Crippen molar-refractivity contribution in [3.8, 4) is 11.5 Å². The summed E-state index contributed by atoms with van der Waals surface area (Å²) in [7, 11) is 0. The summed E-state index contributed by atoms with van der Waals surface area (Å²) in [4.78, 5) is 20.4. The number of anilines is 1. The summed E-state index contributed by atoms with van der Waals surface area (Å²) >= 11 is 1.29. The second-order valence-electron chi connectivity index (χ2n) is 5.58. The molecule has 4 rings (SSSR count). The predicted molar refractivity (Wildman–Crippen MR) is 94.5 cm³/mol. The second-order valence-corrected chi connectivity index (χ2v) is 6.30. The maximum atomic E-state index is 12.9. The van der Waals surface area contributed by atoms with Gasteiger partial charge in [0, 0.05) is 10.9 Å². The van der Waals surface area contributed by atoms with Gasteiger partial charge < -0.3 is 9.73 Å². The first-order valence-electron chi connectivity index (χ1n) is 7.68. The summed E-state index contributed by atoms with van der Waals surface area (Å²) in [6.45, 7) is 0. The first-order chi connectivity index (χ1) is 12.9. The van der Waals surface area contributed by atoms with E-state index in [2.05, 4.69) is 15.3 Å². The molecule has 0 unspecified atom stereocenters. The number of oxazole rings is 1. The third-order valence-electron chi connectivity index (χ3n) is 3.77. The van der Waals surface area contributed by atoms with E-state index in [1.54, 1.807) is 23.6 Å². The van der Waals surface area contributed by atoms with Crippen molar-refractivity contribution in [2.45, 2.75) is 6.18 Å². The number of carbonyl (C=O) groups excluding carboxylic acids is 1. The van der Waals surface area contributed by atoms with Crippen LogP contribution in [0.15, 0.2) is 57.8 Å². The molecule has 1 N–H and O–H groups in total. The van der Waals surface area contributed by atoms with Gasteiger partial charge in [-0.3, -0.25) is 4.79 Å². The highest BCUT2D eigenvalue weighted by Crippen LogP contribution is 2.34. The number of fused-ring (bicyclic) bond motifs is 1. The number of hydrogen-bond donors (Lipinski definition) is 1. The van der Waals surface area contributed by atoms with E-state index in [1.165, 1.54) is 29.0 Å². The van der Waals surface area contributed by atoms with Crippen LogP contribution in [0.2, 0.25) is 0 Å². The quantitative estimate of drug-likeness (QED) is 0.521. The Labute approximate surface area is 154 Å². The number of benzene rings is 2. The van der Waals surface area contributed by atoms with Crippen LogP contribution in [0.25, 0.3) is 22.6 Å². The monoisotopic (exact) mass is 389 g/mol. The van der Waals surface area contributed by atoms with Crippen LogP contribution in [0.1, 0.15) is 16.1 Å². The SMILES string of the molecule is O=C(Nc1cccc2oc(-c3cccc(C(F)(F)F)c3)nc12)c1cscn1. The van der Waals surface area contributed by atoms with E-state index in [9.17, 15) is 18.0 Å². The normalized spacial score (nSPS) is 11.7. The number of para-hydroxylation sites is 1. The zero-order chi connectivity index (χ0) is 19.0. The predicted octanol–water partition coefficient (Wildman–Crippen LogP) is 5.22. The van der Waals surface area contributed by atoms with E-state index in [0.29, 0.717) is 16.8 Å². The molecular weight excluding hydrogens is 379 g/mol. The van der Waals surface area contributed by atoms with E-state index in [4.69, 9.17) is 4.42 Å². The van der Waals surface area contributed by atoms with Crippen molar-refractivity contribution >= 4 is 34.0 Å². The molecule has 0 aliphatic carbocycles. The van der Waals surface area contributed by atoms with Gasteiger partial charge in [-0.25, -0.2) is 9.97 Å². The van der Waals surface area contributed by atoms with Gasteiger partial charge in [-0.2, -0.15) is 13.2 Å². The van der Waals surface area contributed by atoms with E-state index in [0.717, 1.165) is 12.1 Å². The van der Waals surface area contributed by atoms with Crippen molar-refractivity contribution in [1.29, 1.82) is 0 Å². The van der Waals surface area contributed by atoms with Crippen molar-refractivity contribution in [1.82, 2.24) is 9.97 Å². The molecule has 27 heavy (non-hydrogen) atoms. The van der Waals surface area contributed by atoms with Gasteiger partial charge >= 0.3 is 6.18 Å². The third kappa shape index (κ3) is 3.41. The molecule has 0 bridgehead atoms. The molecule has 0 fully saturated rings. The number of hydrogen-bond acceptors (Lipinski definition) is 5. The summed E-state index contributed by atoms with van der Waals surface area (Å²) in [5.41, 5.74) is 2.27. The summed E-state index contributed by atoms with van der Waals surface area (Å²) in [6, 6.07) is 9.62. The zero-order valence-corrected chi connectivity index (χ0v) is 14.3. The van der Waals surface area contributed by atoms with E-state index in [-0.39, 0.29) is 17.1 Å². The number of thiazole rings is 1. The van der Waals surface area contributed by atoms with Crippen molar-refractivity contribution in [3.05, 3.63) is 64.6 Å². The van der Waals surface area contributed by atoms with Gasteiger partial charge in [0.05, 0.1) is 16.8 Å². The Morgan fingerprint density at radius 2 is 1.96 bits per heavy atom. The van der Waals surface area contributed by atoms with Crippen LogP contribution in [0.4, 0.5) is 18.9 Å². The van der Waals surface area contributed by atoms with Gasteiger partial charge in [-0.1, -0.05) is 12.1 Å². The molecule has 9 heteroatoms. The van der Waals surface area contributed by atoms with Gasteiger partial charge in [0.2, 0.25) is 5.89 Å². The Morgan fingerprint density at radius 1 is 1.15 bits per heavy atom. The number of aromatic nitrogens is 2. The molecule has 2 aromatic heterocycles. The number of alkyl halides is 3. The molecule has 4 aromatic rings. The number of amides is 1. The Hall–Kier alpha value is -3.20. The van der Waals surface area contributed by atoms with Crippen LogP contribution in [0.5, 0.6) is 0 Å². The molecule has 1 amide bonds. The summed E-state index contributed by atoms with van der Waals surface area (Å²) in [5, 5.41) is 4.29. The summed E-state index contributed by atoms with van der Waals surface area (Å²) in [5.74, 6) is -0.376.